The maximum Gasteiger partial charge on any atom is 0.325 e. The van der Waals surface area contributed by atoms with Crippen molar-refractivity contribution in [2.75, 3.05) is 23.0 Å². The number of amides is 4. The fourth-order valence-electron chi connectivity index (χ4n) is 4.57. The lowest BCUT2D eigenvalue weighted by Gasteiger charge is -2.29. The van der Waals surface area contributed by atoms with Gasteiger partial charge in [-0.1, -0.05) is 36.4 Å². The first-order valence-corrected chi connectivity index (χ1v) is 12.7. The topological polar surface area (TPSA) is 117 Å². The third-order valence-electron chi connectivity index (χ3n) is 6.36. The van der Waals surface area contributed by atoms with Crippen LogP contribution in [0, 0.1) is 0 Å². The molecule has 1 N–H and O–H groups in total. The van der Waals surface area contributed by atoms with Crippen LogP contribution < -0.4 is 10.2 Å². The minimum atomic E-state index is -3.26. The minimum absolute atomic E-state index is 0.0124. The number of furan rings is 1. The van der Waals surface area contributed by atoms with Crippen LogP contribution >= 0.6 is 0 Å². The van der Waals surface area contributed by atoms with Crippen molar-refractivity contribution in [3.63, 3.8) is 0 Å². The van der Waals surface area contributed by atoms with Gasteiger partial charge < -0.3 is 14.6 Å². The normalized spacial score (nSPS) is 23.9. The molecule has 2 atom stereocenters. The molecule has 3 heterocycles. The molecular formula is C24H23N3O6S. The lowest BCUT2D eigenvalue weighted by atomic mass is 9.99. The van der Waals surface area contributed by atoms with E-state index in [1.807, 2.05) is 12.1 Å². The molecule has 0 aliphatic carbocycles. The molecule has 2 aliphatic rings. The van der Waals surface area contributed by atoms with Crippen LogP contribution in [0.2, 0.25) is 0 Å². The highest BCUT2D eigenvalue weighted by Crippen LogP contribution is 2.33. The average Bonchev–Trinajstić information content (AvgIpc) is 3.46. The molecule has 2 aromatic carbocycles. The van der Waals surface area contributed by atoms with Crippen molar-refractivity contribution in [2.24, 2.45) is 0 Å². The summed E-state index contributed by atoms with van der Waals surface area (Å²) in [6.45, 7) is 1.01. The highest BCUT2D eigenvalue weighted by molar-refractivity contribution is 7.91. The van der Waals surface area contributed by atoms with Gasteiger partial charge in [0.1, 0.15) is 17.9 Å². The standard InChI is InChI=1S/C24H23N3O6S/c1-24(20-13-16-7-5-6-10-19(16)33-20)22(29)26(23(30)25-24)14-21(28)27(17-8-3-2-4-9-17)18-11-12-34(31,32)15-18/h2-10,13,18H,11-12,14-15H2,1H3,(H,25,30)/t18-,24+/m0/s1. The number of hydrogen-bond donors (Lipinski definition) is 1. The van der Waals surface area contributed by atoms with E-state index < -0.39 is 45.8 Å². The second-order valence-electron chi connectivity index (χ2n) is 8.75. The van der Waals surface area contributed by atoms with Gasteiger partial charge in [0, 0.05) is 11.1 Å². The number of nitrogens with one attached hydrogen (secondary N) is 1. The molecule has 34 heavy (non-hydrogen) atoms. The summed E-state index contributed by atoms with van der Waals surface area (Å²) in [6.07, 6.45) is 0.291. The molecule has 9 nitrogen and oxygen atoms in total. The van der Waals surface area contributed by atoms with E-state index >= 15 is 0 Å². The maximum atomic E-state index is 13.4. The third-order valence-corrected chi connectivity index (χ3v) is 8.11. The summed E-state index contributed by atoms with van der Waals surface area (Å²) in [7, 11) is -3.26. The number of hydrogen-bond acceptors (Lipinski definition) is 6. The van der Waals surface area contributed by atoms with Crippen LogP contribution in [0.1, 0.15) is 19.1 Å². The largest absolute Gasteiger partial charge is 0.458 e. The Hall–Kier alpha value is -3.66. The van der Waals surface area contributed by atoms with Gasteiger partial charge in [-0.15, -0.1) is 0 Å². The van der Waals surface area contributed by atoms with Gasteiger partial charge in [-0.05, 0) is 37.6 Å². The smallest absolute Gasteiger partial charge is 0.325 e. The van der Waals surface area contributed by atoms with Gasteiger partial charge in [-0.25, -0.2) is 13.2 Å². The van der Waals surface area contributed by atoms with Crippen LogP contribution in [0.4, 0.5) is 10.5 Å². The summed E-state index contributed by atoms with van der Waals surface area (Å²) in [4.78, 5) is 41.8. The van der Waals surface area contributed by atoms with Crippen LogP contribution in [-0.4, -0.2) is 55.3 Å². The number of nitrogens with zero attached hydrogens (tertiary/aromatic N) is 2. The van der Waals surface area contributed by atoms with Crippen molar-refractivity contribution in [3.05, 3.63) is 66.4 Å². The van der Waals surface area contributed by atoms with Gasteiger partial charge in [-0.3, -0.25) is 14.5 Å². The molecule has 1 aromatic heterocycles. The number of carbonyl (C=O) groups excluding carboxylic acids is 3. The molecule has 2 fully saturated rings. The van der Waals surface area contributed by atoms with Crippen molar-refractivity contribution in [1.82, 2.24) is 10.2 Å². The molecule has 0 unspecified atom stereocenters. The highest BCUT2D eigenvalue weighted by atomic mass is 32.2. The number of rotatable bonds is 5. The number of anilines is 1. The lowest BCUT2D eigenvalue weighted by molar-refractivity contribution is -0.134. The maximum absolute atomic E-state index is 13.4. The van der Waals surface area contributed by atoms with Crippen molar-refractivity contribution in [1.29, 1.82) is 0 Å². The lowest BCUT2D eigenvalue weighted by Crippen LogP contribution is -2.48. The molecule has 10 heteroatoms. The summed E-state index contributed by atoms with van der Waals surface area (Å²) in [5.41, 5.74) is -0.375. The predicted octanol–water partition coefficient (Wildman–Crippen LogP) is 2.42. The molecule has 0 saturated carbocycles. The summed E-state index contributed by atoms with van der Waals surface area (Å²) in [6, 6.07) is 16.3. The zero-order valence-electron chi connectivity index (χ0n) is 18.4. The SMILES string of the molecule is C[C@]1(c2cc3ccccc3o2)NC(=O)N(CC(=O)N(c2ccccc2)[C@H]2CCS(=O)(=O)C2)C1=O. The Bertz CT molecular complexity index is 1370. The Kier molecular flexibility index (Phi) is 5.20. The number of sulfone groups is 1. The van der Waals surface area contributed by atoms with Gasteiger partial charge in [-0.2, -0.15) is 0 Å². The Labute approximate surface area is 196 Å². The van der Waals surface area contributed by atoms with Crippen LogP contribution in [0.25, 0.3) is 11.0 Å². The highest BCUT2D eigenvalue weighted by Gasteiger charge is 2.52. The van der Waals surface area contributed by atoms with Crippen molar-refractivity contribution < 1.29 is 27.2 Å². The van der Waals surface area contributed by atoms with Gasteiger partial charge in [0.15, 0.2) is 15.4 Å². The number of urea groups is 1. The molecule has 2 saturated heterocycles. The van der Waals surface area contributed by atoms with E-state index in [1.165, 1.54) is 11.8 Å². The monoisotopic (exact) mass is 481 g/mol. The molecule has 3 aromatic rings. The van der Waals surface area contributed by atoms with E-state index in [-0.39, 0.29) is 17.3 Å². The fraction of sp³-hybridized carbons (Fsp3) is 0.292. The van der Waals surface area contributed by atoms with E-state index in [0.717, 1.165) is 10.3 Å². The molecule has 0 spiro atoms. The second-order valence-corrected chi connectivity index (χ2v) is 11.0. The molecule has 0 radical (unpaired) electrons. The Morgan fingerprint density at radius 2 is 1.85 bits per heavy atom. The number of imide groups is 1. The number of para-hydroxylation sites is 2. The van der Waals surface area contributed by atoms with Crippen LogP contribution in [0.3, 0.4) is 0 Å². The number of carbonyl (C=O) groups is 3. The van der Waals surface area contributed by atoms with Crippen molar-refractivity contribution in [3.8, 4) is 0 Å². The summed E-state index contributed by atoms with van der Waals surface area (Å²) < 4.78 is 30.0. The quantitative estimate of drug-likeness (QED) is 0.560. The van der Waals surface area contributed by atoms with Crippen LogP contribution in [-0.2, 0) is 25.0 Å². The Morgan fingerprint density at radius 3 is 2.53 bits per heavy atom. The first-order valence-electron chi connectivity index (χ1n) is 10.9. The third kappa shape index (κ3) is 3.73. The van der Waals surface area contributed by atoms with Gasteiger partial charge >= 0.3 is 6.03 Å². The van der Waals surface area contributed by atoms with E-state index in [0.29, 0.717) is 17.7 Å². The van der Waals surface area contributed by atoms with Crippen molar-refractivity contribution >= 4 is 44.3 Å². The molecular weight excluding hydrogens is 458 g/mol. The first kappa shape index (κ1) is 22.1. The van der Waals surface area contributed by atoms with E-state index in [2.05, 4.69) is 5.32 Å². The van der Waals surface area contributed by atoms with Gasteiger partial charge in [0.05, 0.1) is 17.5 Å². The van der Waals surface area contributed by atoms with Crippen molar-refractivity contribution in [2.45, 2.75) is 24.9 Å². The molecule has 176 valence electrons. The number of fused-ring (bicyclic) bond motifs is 1. The predicted molar refractivity (Wildman–Crippen MR) is 125 cm³/mol. The van der Waals surface area contributed by atoms with E-state index in [1.54, 1.807) is 48.5 Å². The molecule has 5 rings (SSSR count). The molecule has 4 amide bonds. The van der Waals surface area contributed by atoms with Gasteiger partial charge in [0.25, 0.3) is 5.91 Å². The van der Waals surface area contributed by atoms with Gasteiger partial charge in [0.2, 0.25) is 5.91 Å². The molecule has 0 bridgehead atoms. The summed E-state index contributed by atoms with van der Waals surface area (Å²) in [5, 5.41) is 3.44. The van der Waals surface area contributed by atoms with Crippen LogP contribution in [0.15, 0.2) is 65.1 Å². The average molecular weight is 482 g/mol. The summed E-state index contributed by atoms with van der Waals surface area (Å²) >= 11 is 0. The Balaban J connectivity index is 1.42. The Morgan fingerprint density at radius 1 is 1.15 bits per heavy atom. The zero-order valence-corrected chi connectivity index (χ0v) is 19.2. The zero-order chi connectivity index (χ0) is 24.1. The molecule has 2 aliphatic heterocycles. The minimum Gasteiger partial charge on any atom is -0.458 e. The van der Waals surface area contributed by atoms with E-state index in [4.69, 9.17) is 4.42 Å². The number of benzene rings is 2. The fourth-order valence-corrected chi connectivity index (χ4v) is 6.27. The first-order chi connectivity index (χ1) is 16.2. The summed E-state index contributed by atoms with van der Waals surface area (Å²) in [5.74, 6) is -1.06. The van der Waals surface area contributed by atoms with Crippen LogP contribution in [0.5, 0.6) is 0 Å². The van der Waals surface area contributed by atoms with E-state index in [9.17, 15) is 22.8 Å². The second kappa shape index (κ2) is 7.98.